The van der Waals surface area contributed by atoms with Gasteiger partial charge in [-0.15, -0.1) is 0 Å². The molecule has 0 N–H and O–H groups in total. The van der Waals surface area contributed by atoms with Crippen molar-refractivity contribution in [2.24, 2.45) is 0 Å². The molecular formula is C12H16O2. The SMILES string of the molecule is CCCCCC1OOc2ccccc21. The smallest absolute Gasteiger partial charge is 0.171 e. The second-order valence-electron chi connectivity index (χ2n) is 3.70. The molecule has 1 heterocycles. The van der Waals surface area contributed by atoms with Crippen molar-refractivity contribution in [3.8, 4) is 5.75 Å². The van der Waals surface area contributed by atoms with E-state index in [9.17, 15) is 0 Å². The topological polar surface area (TPSA) is 18.5 Å². The molecule has 1 aliphatic rings. The predicted octanol–water partition coefficient (Wildman–Crippen LogP) is 3.63. The van der Waals surface area contributed by atoms with E-state index in [0.29, 0.717) is 0 Å². The zero-order valence-electron chi connectivity index (χ0n) is 8.53. The van der Waals surface area contributed by atoms with E-state index in [2.05, 4.69) is 13.0 Å². The van der Waals surface area contributed by atoms with Gasteiger partial charge in [0, 0.05) is 5.56 Å². The minimum Gasteiger partial charge on any atom is -0.337 e. The van der Waals surface area contributed by atoms with E-state index in [0.717, 1.165) is 12.2 Å². The number of hydrogen-bond donors (Lipinski definition) is 0. The first-order valence-corrected chi connectivity index (χ1v) is 5.34. The molecule has 1 unspecified atom stereocenters. The van der Waals surface area contributed by atoms with Crippen molar-refractivity contribution in [3.63, 3.8) is 0 Å². The second-order valence-corrected chi connectivity index (χ2v) is 3.70. The quantitative estimate of drug-likeness (QED) is 0.535. The Bertz CT molecular complexity index is 296. The molecule has 1 aromatic carbocycles. The Hall–Kier alpha value is -1.02. The monoisotopic (exact) mass is 192 g/mol. The number of hydrogen-bond acceptors (Lipinski definition) is 2. The molecule has 0 aromatic heterocycles. The van der Waals surface area contributed by atoms with Crippen LogP contribution in [0.25, 0.3) is 0 Å². The molecule has 14 heavy (non-hydrogen) atoms. The lowest BCUT2D eigenvalue weighted by molar-refractivity contribution is -0.225. The first-order valence-electron chi connectivity index (χ1n) is 5.34. The Balaban J connectivity index is 1.96. The van der Waals surface area contributed by atoms with Crippen molar-refractivity contribution in [2.75, 3.05) is 0 Å². The van der Waals surface area contributed by atoms with Gasteiger partial charge in [0.1, 0.15) is 6.10 Å². The molecule has 1 aliphatic heterocycles. The Morgan fingerprint density at radius 2 is 2.07 bits per heavy atom. The van der Waals surface area contributed by atoms with E-state index < -0.39 is 0 Å². The van der Waals surface area contributed by atoms with Gasteiger partial charge >= 0.3 is 0 Å². The zero-order valence-corrected chi connectivity index (χ0v) is 8.53. The summed E-state index contributed by atoms with van der Waals surface area (Å²) in [7, 11) is 0. The molecule has 0 spiro atoms. The van der Waals surface area contributed by atoms with Gasteiger partial charge < -0.3 is 4.89 Å². The summed E-state index contributed by atoms with van der Waals surface area (Å²) in [5.74, 6) is 0.883. The third kappa shape index (κ3) is 1.90. The molecule has 0 aliphatic carbocycles. The van der Waals surface area contributed by atoms with E-state index in [1.54, 1.807) is 0 Å². The number of unbranched alkanes of at least 4 members (excludes halogenated alkanes) is 2. The number of para-hydroxylation sites is 1. The van der Waals surface area contributed by atoms with Gasteiger partial charge in [-0.1, -0.05) is 44.4 Å². The lowest BCUT2D eigenvalue weighted by Crippen LogP contribution is -1.97. The lowest BCUT2D eigenvalue weighted by atomic mass is 10.0. The third-order valence-corrected chi connectivity index (χ3v) is 2.59. The summed E-state index contributed by atoms with van der Waals surface area (Å²) in [4.78, 5) is 10.4. The normalized spacial score (nSPS) is 19.1. The van der Waals surface area contributed by atoms with Crippen molar-refractivity contribution >= 4 is 0 Å². The van der Waals surface area contributed by atoms with Crippen LogP contribution in [0, 0.1) is 0 Å². The van der Waals surface area contributed by atoms with Crippen LogP contribution in [0.1, 0.15) is 44.3 Å². The van der Waals surface area contributed by atoms with Crippen LogP contribution < -0.4 is 4.89 Å². The van der Waals surface area contributed by atoms with Crippen molar-refractivity contribution in [1.29, 1.82) is 0 Å². The highest BCUT2D eigenvalue weighted by Gasteiger charge is 2.24. The molecule has 2 heteroatoms. The molecule has 0 radical (unpaired) electrons. The average molecular weight is 192 g/mol. The molecule has 76 valence electrons. The molecular weight excluding hydrogens is 176 g/mol. The van der Waals surface area contributed by atoms with Gasteiger partial charge in [0.05, 0.1) is 0 Å². The Labute approximate surface area is 84.8 Å². The standard InChI is InChI=1S/C12H16O2/c1-2-3-4-8-11-10-7-5-6-9-12(10)14-13-11/h5-7,9,11H,2-4,8H2,1H3. The van der Waals surface area contributed by atoms with Gasteiger partial charge in [0.2, 0.25) is 0 Å². The van der Waals surface area contributed by atoms with Gasteiger partial charge in [0.25, 0.3) is 0 Å². The van der Waals surface area contributed by atoms with Crippen molar-refractivity contribution in [3.05, 3.63) is 29.8 Å². The van der Waals surface area contributed by atoms with E-state index in [-0.39, 0.29) is 6.10 Å². The largest absolute Gasteiger partial charge is 0.337 e. The fraction of sp³-hybridized carbons (Fsp3) is 0.500. The molecule has 2 nitrogen and oxygen atoms in total. The number of rotatable bonds is 4. The molecule has 0 saturated heterocycles. The summed E-state index contributed by atoms with van der Waals surface area (Å²) in [6.07, 6.45) is 4.93. The Kier molecular flexibility index (Phi) is 3.04. The summed E-state index contributed by atoms with van der Waals surface area (Å²) in [6, 6.07) is 8.04. The van der Waals surface area contributed by atoms with Crippen molar-refractivity contribution < 1.29 is 9.78 Å². The summed E-state index contributed by atoms with van der Waals surface area (Å²) >= 11 is 0. The molecule has 0 fully saturated rings. The first-order chi connectivity index (χ1) is 6.92. The van der Waals surface area contributed by atoms with Crippen LogP contribution in [-0.2, 0) is 4.89 Å². The zero-order chi connectivity index (χ0) is 9.80. The van der Waals surface area contributed by atoms with Crippen molar-refractivity contribution in [1.82, 2.24) is 0 Å². The summed E-state index contributed by atoms with van der Waals surface area (Å²) < 4.78 is 0. The molecule has 1 atom stereocenters. The van der Waals surface area contributed by atoms with Crippen LogP contribution in [0.3, 0.4) is 0 Å². The maximum Gasteiger partial charge on any atom is 0.171 e. The Morgan fingerprint density at radius 1 is 1.21 bits per heavy atom. The van der Waals surface area contributed by atoms with E-state index >= 15 is 0 Å². The molecule has 2 rings (SSSR count). The highest BCUT2D eigenvalue weighted by atomic mass is 17.2. The van der Waals surface area contributed by atoms with Gasteiger partial charge in [-0.25, -0.2) is 0 Å². The Morgan fingerprint density at radius 3 is 2.93 bits per heavy atom. The van der Waals surface area contributed by atoms with Gasteiger partial charge in [-0.2, -0.15) is 4.89 Å². The van der Waals surface area contributed by atoms with Gasteiger partial charge in [0.15, 0.2) is 5.75 Å². The van der Waals surface area contributed by atoms with Crippen LogP contribution >= 0.6 is 0 Å². The fourth-order valence-electron chi connectivity index (χ4n) is 1.77. The number of fused-ring (bicyclic) bond motifs is 1. The fourth-order valence-corrected chi connectivity index (χ4v) is 1.77. The minimum atomic E-state index is 0.151. The highest BCUT2D eigenvalue weighted by Crippen LogP contribution is 2.37. The molecule has 0 amide bonds. The van der Waals surface area contributed by atoms with Crippen LogP contribution in [0.15, 0.2) is 24.3 Å². The maximum absolute atomic E-state index is 5.27. The minimum absolute atomic E-state index is 0.151. The first kappa shape index (κ1) is 9.53. The molecule has 0 bridgehead atoms. The van der Waals surface area contributed by atoms with Gasteiger partial charge in [-0.3, -0.25) is 0 Å². The highest BCUT2D eigenvalue weighted by molar-refractivity contribution is 5.36. The van der Waals surface area contributed by atoms with Crippen LogP contribution in [-0.4, -0.2) is 0 Å². The van der Waals surface area contributed by atoms with Crippen LogP contribution in [0.4, 0.5) is 0 Å². The summed E-state index contributed by atoms with van der Waals surface area (Å²) in [6.45, 7) is 2.21. The molecule has 0 saturated carbocycles. The number of benzene rings is 1. The van der Waals surface area contributed by atoms with E-state index in [1.807, 2.05) is 18.2 Å². The van der Waals surface area contributed by atoms with Crippen LogP contribution in [0.5, 0.6) is 5.75 Å². The van der Waals surface area contributed by atoms with Gasteiger partial charge in [-0.05, 0) is 12.5 Å². The van der Waals surface area contributed by atoms with Crippen molar-refractivity contribution in [2.45, 2.75) is 38.7 Å². The van der Waals surface area contributed by atoms with Crippen LogP contribution in [0.2, 0.25) is 0 Å². The van der Waals surface area contributed by atoms with E-state index in [1.165, 1.54) is 24.8 Å². The summed E-state index contributed by atoms with van der Waals surface area (Å²) in [5, 5.41) is 0. The lowest BCUT2D eigenvalue weighted by Gasteiger charge is -2.05. The van der Waals surface area contributed by atoms with E-state index in [4.69, 9.17) is 9.78 Å². The second kappa shape index (κ2) is 4.47. The maximum atomic E-state index is 5.27. The average Bonchev–Trinajstić information content (AvgIpc) is 2.63. The summed E-state index contributed by atoms with van der Waals surface area (Å²) in [5.41, 5.74) is 1.20. The predicted molar refractivity (Wildman–Crippen MR) is 55.0 cm³/mol. The molecule has 1 aromatic rings. The third-order valence-electron chi connectivity index (χ3n) is 2.59.